The van der Waals surface area contributed by atoms with E-state index in [0.29, 0.717) is 17.5 Å². The normalized spacial score (nSPS) is 15.1. The van der Waals surface area contributed by atoms with Crippen LogP contribution in [0.3, 0.4) is 0 Å². The maximum absolute atomic E-state index is 5.25. The molecule has 10 aromatic carbocycles. The van der Waals surface area contributed by atoms with Gasteiger partial charge >= 0.3 is 0 Å². The fourth-order valence-corrected chi connectivity index (χ4v) is 12.5. The molecule has 0 N–H and O–H groups in total. The van der Waals surface area contributed by atoms with Crippen LogP contribution in [-0.4, -0.2) is 21.7 Å². The van der Waals surface area contributed by atoms with Crippen molar-refractivity contribution in [2.75, 3.05) is 9.80 Å². The van der Waals surface area contributed by atoms with Crippen LogP contribution in [0.5, 0.6) is 0 Å². The van der Waals surface area contributed by atoms with Gasteiger partial charge in [-0.05, 0) is 128 Å². The number of anilines is 6. The number of para-hydroxylation sites is 3. The van der Waals surface area contributed by atoms with Crippen LogP contribution in [0, 0.1) is 6.92 Å². The van der Waals surface area contributed by atoms with Crippen LogP contribution >= 0.6 is 0 Å². The summed E-state index contributed by atoms with van der Waals surface area (Å²) in [6.45, 7) is 2.22. The van der Waals surface area contributed by atoms with Crippen molar-refractivity contribution in [3.05, 3.63) is 264 Å². The van der Waals surface area contributed by atoms with Crippen LogP contribution in [0.25, 0.3) is 56.4 Å². The average molecular weight is 904 g/mol. The Balaban J connectivity index is 1.01. The van der Waals surface area contributed by atoms with Crippen molar-refractivity contribution in [2.45, 2.75) is 12.3 Å². The molecule has 1 atom stereocenters. The van der Waals surface area contributed by atoms with Crippen LogP contribution in [-0.2, 0) is 5.41 Å². The first-order valence-corrected chi connectivity index (χ1v) is 24.5. The summed E-state index contributed by atoms with van der Waals surface area (Å²) < 4.78 is 0. The van der Waals surface area contributed by atoms with Gasteiger partial charge in [0, 0.05) is 50.8 Å². The van der Waals surface area contributed by atoms with Gasteiger partial charge < -0.3 is 9.80 Å². The predicted octanol–water partition coefficient (Wildman–Crippen LogP) is 13.6. The van der Waals surface area contributed by atoms with E-state index in [1.807, 2.05) is 36.4 Å². The molecule has 1 spiro atoms. The SMILES string of the molecule is Cc1cc2c3c(c1)N(c1ccccc1)c1cc4c(cc1B3c1ccccc1N2c1ccccc1)-c1ccccc1C41c2ccccc2-c2ccc(-c3nc(-c4ccccc4)nc(-c4ccccc4)n3)cc21. The van der Waals surface area contributed by atoms with Gasteiger partial charge in [-0.15, -0.1) is 0 Å². The van der Waals surface area contributed by atoms with Crippen LogP contribution in [0.2, 0.25) is 0 Å². The fourth-order valence-electron chi connectivity index (χ4n) is 12.5. The Morgan fingerprint density at radius 2 is 0.803 bits per heavy atom. The minimum Gasteiger partial charge on any atom is -0.311 e. The van der Waals surface area contributed by atoms with E-state index in [4.69, 9.17) is 15.0 Å². The molecule has 1 aromatic heterocycles. The standard InChI is InChI=1S/C65H42BN5/c1-41-36-59-61-60(37-41)71(46-26-12-5-13-27-46)58-40-54-50(39-56(58)66(61)55-32-18-19-33-57(55)70(59)45-24-10-4-11-25-45)48-29-15-17-31-52(48)65(54)51-30-16-14-28-47(51)49-35-34-44(38-53(49)65)64-68-62(42-20-6-2-7-21-42)67-63(69-64)43-22-8-3-9-23-43/h2-40H,1H3. The summed E-state index contributed by atoms with van der Waals surface area (Å²) in [6.07, 6.45) is 0. The second kappa shape index (κ2) is 15.2. The highest BCUT2D eigenvalue weighted by Gasteiger charge is 2.53. The topological polar surface area (TPSA) is 45.2 Å². The smallest absolute Gasteiger partial charge is 0.252 e. The average Bonchev–Trinajstić information content (AvgIpc) is 3.89. The maximum Gasteiger partial charge on any atom is 0.252 e. The molecule has 5 nitrogen and oxygen atoms in total. The van der Waals surface area contributed by atoms with Crippen molar-refractivity contribution in [1.29, 1.82) is 0 Å². The van der Waals surface area contributed by atoms with Gasteiger partial charge in [-0.25, -0.2) is 15.0 Å². The van der Waals surface area contributed by atoms with Gasteiger partial charge in [0.05, 0.1) is 5.41 Å². The van der Waals surface area contributed by atoms with Gasteiger partial charge in [0.1, 0.15) is 0 Å². The van der Waals surface area contributed by atoms with Crippen LogP contribution < -0.4 is 26.2 Å². The zero-order valence-electron chi connectivity index (χ0n) is 38.8. The molecule has 330 valence electrons. The monoisotopic (exact) mass is 903 g/mol. The number of rotatable bonds is 5. The number of nitrogens with zero attached hydrogens (tertiary/aromatic N) is 5. The lowest BCUT2D eigenvalue weighted by Gasteiger charge is -2.45. The lowest BCUT2D eigenvalue weighted by molar-refractivity contribution is 0.794. The number of hydrogen-bond donors (Lipinski definition) is 0. The zero-order chi connectivity index (χ0) is 46.8. The summed E-state index contributed by atoms with van der Waals surface area (Å²) in [5.74, 6) is 1.93. The number of aromatic nitrogens is 3. The first-order valence-electron chi connectivity index (χ1n) is 24.5. The van der Waals surface area contributed by atoms with Gasteiger partial charge in [-0.2, -0.15) is 0 Å². The third-order valence-electron chi connectivity index (χ3n) is 15.3. The molecular formula is C65H42BN5. The quantitative estimate of drug-likeness (QED) is 0.161. The largest absolute Gasteiger partial charge is 0.311 e. The predicted molar refractivity (Wildman–Crippen MR) is 291 cm³/mol. The molecule has 0 fully saturated rings. The van der Waals surface area contributed by atoms with Crippen molar-refractivity contribution in [3.8, 4) is 56.4 Å². The Hall–Kier alpha value is -9.13. The molecule has 6 heteroatoms. The molecule has 11 aromatic rings. The van der Waals surface area contributed by atoms with Crippen molar-refractivity contribution >= 4 is 57.2 Å². The first kappa shape index (κ1) is 39.8. The number of fused-ring (bicyclic) bond motifs is 14. The summed E-state index contributed by atoms with van der Waals surface area (Å²) >= 11 is 0. The van der Waals surface area contributed by atoms with Gasteiger partial charge in [-0.3, -0.25) is 0 Å². The van der Waals surface area contributed by atoms with Crippen molar-refractivity contribution in [1.82, 2.24) is 15.0 Å². The number of hydrogen-bond acceptors (Lipinski definition) is 5. The molecule has 15 rings (SSSR count). The summed E-state index contributed by atoms with van der Waals surface area (Å²) in [5, 5.41) is 0. The first-order chi connectivity index (χ1) is 35.1. The Labute approximate surface area is 413 Å². The molecule has 0 radical (unpaired) electrons. The fraction of sp³-hybridized carbons (Fsp3) is 0.0308. The second-order valence-corrected chi connectivity index (χ2v) is 19.1. The van der Waals surface area contributed by atoms with E-state index in [1.165, 1.54) is 89.2 Å². The van der Waals surface area contributed by atoms with E-state index < -0.39 is 5.41 Å². The lowest BCUT2D eigenvalue weighted by atomic mass is 9.33. The second-order valence-electron chi connectivity index (χ2n) is 19.1. The Bertz CT molecular complexity index is 3910. The van der Waals surface area contributed by atoms with E-state index in [0.717, 1.165) is 28.1 Å². The third kappa shape index (κ3) is 5.67. The summed E-state index contributed by atoms with van der Waals surface area (Å²) in [4.78, 5) is 20.6. The van der Waals surface area contributed by atoms with Crippen LogP contribution in [0.15, 0.2) is 237 Å². The summed E-state index contributed by atoms with van der Waals surface area (Å²) in [6, 6.07) is 86.4. The third-order valence-corrected chi connectivity index (χ3v) is 15.3. The molecule has 3 heterocycles. The summed E-state index contributed by atoms with van der Waals surface area (Å²) in [5.41, 5.74) is 24.5. The molecule has 71 heavy (non-hydrogen) atoms. The highest BCUT2D eigenvalue weighted by Crippen LogP contribution is 2.64. The number of aryl methyl sites for hydroxylation is 1. The van der Waals surface area contributed by atoms with E-state index >= 15 is 0 Å². The van der Waals surface area contributed by atoms with Gasteiger partial charge in [0.2, 0.25) is 0 Å². The van der Waals surface area contributed by atoms with Crippen LogP contribution in [0.4, 0.5) is 34.1 Å². The van der Waals surface area contributed by atoms with Crippen molar-refractivity contribution < 1.29 is 0 Å². The van der Waals surface area contributed by atoms with Crippen molar-refractivity contribution in [3.63, 3.8) is 0 Å². The van der Waals surface area contributed by atoms with E-state index in [2.05, 4.69) is 217 Å². The molecule has 1 unspecified atom stereocenters. The van der Waals surface area contributed by atoms with E-state index in [1.54, 1.807) is 0 Å². The Morgan fingerprint density at radius 1 is 0.338 bits per heavy atom. The maximum atomic E-state index is 5.25. The van der Waals surface area contributed by atoms with Gasteiger partial charge in [0.25, 0.3) is 6.71 Å². The molecule has 2 aliphatic carbocycles. The zero-order valence-corrected chi connectivity index (χ0v) is 38.8. The minimum absolute atomic E-state index is 0.0167. The summed E-state index contributed by atoms with van der Waals surface area (Å²) in [7, 11) is 0. The molecule has 0 amide bonds. The van der Waals surface area contributed by atoms with E-state index in [-0.39, 0.29) is 6.71 Å². The molecule has 2 aliphatic heterocycles. The molecule has 0 bridgehead atoms. The molecule has 0 saturated heterocycles. The minimum atomic E-state index is -0.643. The Kier molecular flexibility index (Phi) is 8.52. The molecular weight excluding hydrogens is 862 g/mol. The Morgan fingerprint density at radius 3 is 1.41 bits per heavy atom. The molecule has 0 saturated carbocycles. The van der Waals surface area contributed by atoms with Crippen LogP contribution in [0.1, 0.15) is 27.8 Å². The number of benzene rings is 10. The van der Waals surface area contributed by atoms with Gasteiger partial charge in [0.15, 0.2) is 17.5 Å². The lowest BCUT2D eigenvalue weighted by Crippen LogP contribution is -2.61. The highest BCUT2D eigenvalue weighted by atomic mass is 15.2. The molecule has 4 aliphatic rings. The van der Waals surface area contributed by atoms with Gasteiger partial charge in [-0.1, -0.05) is 182 Å². The van der Waals surface area contributed by atoms with Crippen molar-refractivity contribution in [2.24, 2.45) is 0 Å². The highest BCUT2D eigenvalue weighted by molar-refractivity contribution is 7.00. The van der Waals surface area contributed by atoms with E-state index in [9.17, 15) is 0 Å².